The van der Waals surface area contributed by atoms with E-state index in [0.717, 1.165) is 34.1 Å². The molecule has 0 aliphatic heterocycles. The van der Waals surface area contributed by atoms with Crippen LogP contribution in [-0.4, -0.2) is 35.5 Å². The van der Waals surface area contributed by atoms with Gasteiger partial charge in [0, 0.05) is 30.6 Å². The Morgan fingerprint density at radius 3 is 2.50 bits per heavy atom. The molecule has 0 aliphatic carbocycles. The lowest BCUT2D eigenvalue weighted by Crippen LogP contribution is -2.12. The van der Waals surface area contributed by atoms with Crippen LogP contribution in [0.4, 0.5) is 5.82 Å². The second-order valence-corrected chi connectivity index (χ2v) is 8.02. The Hall–Kier alpha value is -3.33. The summed E-state index contributed by atoms with van der Waals surface area (Å²) in [6.07, 6.45) is 8.11. The normalized spacial score (nSPS) is 11.2. The van der Waals surface area contributed by atoms with Crippen LogP contribution in [0.5, 0.6) is 0 Å². The third-order valence-corrected chi connectivity index (χ3v) is 4.58. The molecule has 1 amide bonds. The average molecular weight is 397 g/mol. The molecule has 0 radical (unpaired) electrons. The zero-order valence-corrected chi connectivity index (χ0v) is 16.0. The smallest absolute Gasteiger partial charge is 0.230 e. The molecule has 0 bridgehead atoms. The van der Waals surface area contributed by atoms with Crippen LogP contribution in [0.1, 0.15) is 12.0 Å². The number of anilines is 1. The topological polar surface area (TPSA) is 128 Å². The van der Waals surface area contributed by atoms with Crippen molar-refractivity contribution < 1.29 is 13.2 Å². The largest absolute Gasteiger partial charge is 0.370 e. The van der Waals surface area contributed by atoms with Crippen LogP contribution < -0.4 is 10.5 Å². The maximum absolute atomic E-state index is 11.5. The second kappa shape index (κ2) is 8.13. The number of hydrogen-bond acceptors (Lipinski definition) is 6. The molecule has 0 atom stereocenters. The number of nitrogens with two attached hydrogens (primary N) is 1. The number of amides is 1. The van der Waals surface area contributed by atoms with Crippen molar-refractivity contribution in [3.05, 3.63) is 60.8 Å². The van der Waals surface area contributed by atoms with E-state index in [-0.39, 0.29) is 12.2 Å². The fourth-order valence-electron chi connectivity index (χ4n) is 2.81. The number of benzene rings is 1. The number of nitrogens with one attached hydrogen (secondary N) is 1. The van der Waals surface area contributed by atoms with E-state index in [2.05, 4.69) is 19.7 Å². The lowest BCUT2D eigenvalue weighted by molar-refractivity contribution is -0.117. The zero-order chi connectivity index (χ0) is 20.1. The Kier molecular flexibility index (Phi) is 5.65. The summed E-state index contributed by atoms with van der Waals surface area (Å²) in [5.74, 6) is -0.171. The number of sulfonamides is 1. The second-order valence-electron chi connectivity index (χ2n) is 6.27. The van der Waals surface area contributed by atoms with E-state index in [0.29, 0.717) is 6.42 Å². The molecule has 3 N–H and O–H groups in total. The third-order valence-electron chi connectivity index (χ3n) is 4.00. The first-order valence-corrected chi connectivity index (χ1v) is 10.3. The molecule has 0 unspecified atom stereocenters. The first-order chi connectivity index (χ1) is 13.3. The van der Waals surface area contributed by atoms with Crippen molar-refractivity contribution in [3.8, 4) is 22.3 Å². The van der Waals surface area contributed by atoms with Gasteiger partial charge in [-0.2, -0.15) is 0 Å². The molecule has 0 aliphatic rings. The quantitative estimate of drug-likeness (QED) is 0.627. The van der Waals surface area contributed by atoms with Crippen molar-refractivity contribution in [2.75, 3.05) is 11.0 Å². The van der Waals surface area contributed by atoms with Crippen molar-refractivity contribution in [3.63, 3.8) is 0 Å². The number of carbonyl (C=O) groups is 1. The molecule has 0 fully saturated rings. The van der Waals surface area contributed by atoms with Crippen molar-refractivity contribution in [2.24, 2.45) is 5.73 Å². The summed E-state index contributed by atoms with van der Waals surface area (Å²) in [6.45, 7) is 0. The number of nitrogens with zero attached hydrogens (tertiary/aromatic N) is 3. The van der Waals surface area contributed by atoms with Gasteiger partial charge in [0.2, 0.25) is 15.9 Å². The van der Waals surface area contributed by atoms with Gasteiger partial charge in [-0.3, -0.25) is 9.52 Å². The van der Waals surface area contributed by atoms with Crippen molar-refractivity contribution in [1.29, 1.82) is 0 Å². The standard InChI is InChI=1S/C19H19N5O3S/c1-28(26,27)24-19-9-15(6-7-23-19)17-4-2-13(16-10-21-12-22-11-16)8-14(17)3-5-18(20)25/h2,4,6-12H,3,5H2,1H3,(H2,20,25)(H,23,24). The van der Waals surface area contributed by atoms with Crippen LogP contribution in [0, 0.1) is 0 Å². The molecular formula is C19H19N5O3S. The number of aryl methyl sites for hydroxylation is 1. The highest BCUT2D eigenvalue weighted by Gasteiger charge is 2.11. The Labute approximate surface area is 162 Å². The molecule has 1 aromatic carbocycles. The van der Waals surface area contributed by atoms with Crippen LogP contribution in [0.2, 0.25) is 0 Å². The lowest BCUT2D eigenvalue weighted by atomic mass is 9.93. The summed E-state index contributed by atoms with van der Waals surface area (Å²) >= 11 is 0. The molecule has 8 nitrogen and oxygen atoms in total. The summed E-state index contributed by atoms with van der Waals surface area (Å²) in [5.41, 5.74) is 9.62. The molecular weight excluding hydrogens is 378 g/mol. The minimum Gasteiger partial charge on any atom is -0.370 e. The molecule has 3 aromatic rings. The highest BCUT2D eigenvalue weighted by atomic mass is 32.2. The first-order valence-electron chi connectivity index (χ1n) is 8.42. The van der Waals surface area contributed by atoms with Gasteiger partial charge in [0.05, 0.1) is 6.26 Å². The average Bonchev–Trinajstić information content (AvgIpc) is 2.65. The van der Waals surface area contributed by atoms with E-state index in [9.17, 15) is 13.2 Å². The van der Waals surface area contributed by atoms with Crippen molar-refractivity contribution >= 4 is 21.7 Å². The lowest BCUT2D eigenvalue weighted by Gasteiger charge is -2.13. The van der Waals surface area contributed by atoms with Gasteiger partial charge in [-0.15, -0.1) is 0 Å². The van der Waals surface area contributed by atoms with Gasteiger partial charge >= 0.3 is 0 Å². The highest BCUT2D eigenvalue weighted by Crippen LogP contribution is 2.30. The van der Waals surface area contributed by atoms with Gasteiger partial charge in [0.25, 0.3) is 0 Å². The number of aromatic nitrogens is 3. The van der Waals surface area contributed by atoms with E-state index >= 15 is 0 Å². The third kappa shape index (κ3) is 5.10. The van der Waals surface area contributed by atoms with Gasteiger partial charge in [0.15, 0.2) is 0 Å². The maximum atomic E-state index is 11.5. The van der Waals surface area contributed by atoms with Gasteiger partial charge in [-0.05, 0) is 40.8 Å². The molecule has 0 saturated carbocycles. The fourth-order valence-corrected chi connectivity index (χ4v) is 3.30. The highest BCUT2D eigenvalue weighted by molar-refractivity contribution is 7.92. The zero-order valence-electron chi connectivity index (χ0n) is 15.2. The van der Waals surface area contributed by atoms with Crippen LogP contribution in [0.3, 0.4) is 0 Å². The summed E-state index contributed by atoms with van der Waals surface area (Å²) in [4.78, 5) is 23.4. The number of primary amides is 1. The summed E-state index contributed by atoms with van der Waals surface area (Å²) in [6, 6.07) is 9.22. The Balaban J connectivity index is 2.04. The van der Waals surface area contributed by atoms with E-state index < -0.39 is 15.9 Å². The summed E-state index contributed by atoms with van der Waals surface area (Å²) < 4.78 is 25.3. The monoisotopic (exact) mass is 397 g/mol. The van der Waals surface area contributed by atoms with Crippen LogP contribution >= 0.6 is 0 Å². The van der Waals surface area contributed by atoms with E-state index in [1.54, 1.807) is 24.5 Å². The minimum absolute atomic E-state index is 0.196. The Morgan fingerprint density at radius 2 is 1.82 bits per heavy atom. The number of carbonyl (C=O) groups excluding carboxylic acids is 1. The molecule has 3 rings (SSSR count). The molecule has 2 aromatic heterocycles. The van der Waals surface area contributed by atoms with Crippen LogP contribution in [-0.2, 0) is 21.2 Å². The minimum atomic E-state index is -3.44. The fraction of sp³-hybridized carbons (Fsp3) is 0.158. The van der Waals surface area contributed by atoms with Gasteiger partial charge in [-0.1, -0.05) is 18.2 Å². The predicted octanol–water partition coefficient (Wildman–Crippen LogP) is 1.99. The van der Waals surface area contributed by atoms with E-state index in [1.807, 2.05) is 18.2 Å². The molecule has 0 saturated heterocycles. The molecule has 9 heteroatoms. The maximum Gasteiger partial charge on any atom is 0.230 e. The van der Waals surface area contributed by atoms with E-state index in [1.165, 1.54) is 12.5 Å². The van der Waals surface area contributed by atoms with Crippen LogP contribution in [0.25, 0.3) is 22.3 Å². The molecule has 144 valence electrons. The number of rotatable bonds is 7. The first kappa shape index (κ1) is 19.4. The number of pyridine rings is 1. The Morgan fingerprint density at radius 1 is 1.07 bits per heavy atom. The van der Waals surface area contributed by atoms with E-state index in [4.69, 9.17) is 5.73 Å². The Bertz CT molecular complexity index is 1100. The van der Waals surface area contributed by atoms with Crippen molar-refractivity contribution in [2.45, 2.75) is 12.8 Å². The molecule has 2 heterocycles. The summed E-state index contributed by atoms with van der Waals surface area (Å²) in [7, 11) is -3.44. The molecule has 28 heavy (non-hydrogen) atoms. The summed E-state index contributed by atoms with van der Waals surface area (Å²) in [5, 5.41) is 0. The molecule has 0 spiro atoms. The van der Waals surface area contributed by atoms with Crippen molar-refractivity contribution in [1.82, 2.24) is 15.0 Å². The van der Waals surface area contributed by atoms with Gasteiger partial charge < -0.3 is 5.73 Å². The van der Waals surface area contributed by atoms with Gasteiger partial charge in [0.1, 0.15) is 12.1 Å². The van der Waals surface area contributed by atoms with Gasteiger partial charge in [-0.25, -0.2) is 23.4 Å². The number of hydrogen-bond donors (Lipinski definition) is 2. The van der Waals surface area contributed by atoms with Crippen LogP contribution in [0.15, 0.2) is 55.2 Å². The SMILES string of the molecule is CS(=O)(=O)Nc1cc(-c2ccc(-c3cncnc3)cc2CCC(N)=O)ccn1. The predicted molar refractivity (Wildman–Crippen MR) is 107 cm³/mol.